The molecule has 0 aliphatic heterocycles. The van der Waals surface area contributed by atoms with E-state index in [2.05, 4.69) is 10.5 Å². The molecule has 13 heteroatoms. The minimum atomic E-state index is -4.80. The Hall–Kier alpha value is -2.87. The summed E-state index contributed by atoms with van der Waals surface area (Å²) in [4.78, 5) is 8.48. The Morgan fingerprint density at radius 2 is 1.62 bits per heavy atom. The highest BCUT2D eigenvalue weighted by Gasteiger charge is 2.19. The zero-order chi connectivity index (χ0) is 19.5. The molecule has 26 heavy (non-hydrogen) atoms. The number of nitrogens with zero attached hydrogens (tertiary/aromatic N) is 2. The van der Waals surface area contributed by atoms with Crippen LogP contribution in [0.5, 0.6) is 0 Å². The summed E-state index contributed by atoms with van der Waals surface area (Å²) in [5.41, 5.74) is 2.55. The van der Waals surface area contributed by atoms with Gasteiger partial charge in [0.1, 0.15) is 4.90 Å². The van der Waals surface area contributed by atoms with Crippen LogP contribution in [-0.2, 0) is 20.2 Å². The molecule has 11 nitrogen and oxygen atoms in total. The molecule has 0 unspecified atom stereocenters. The van der Waals surface area contributed by atoms with E-state index in [4.69, 9.17) is 4.55 Å². The van der Waals surface area contributed by atoms with Gasteiger partial charge >= 0.3 is 0 Å². The zero-order valence-electron chi connectivity index (χ0n) is 12.7. The van der Waals surface area contributed by atoms with Crippen LogP contribution in [0.1, 0.15) is 5.56 Å². The van der Waals surface area contributed by atoms with Crippen molar-refractivity contribution < 1.29 is 30.9 Å². The lowest BCUT2D eigenvalue weighted by molar-refractivity contribution is -0.384. The smallest absolute Gasteiger partial charge is 0.282 e. The first kappa shape index (κ1) is 19.5. The lowest BCUT2D eigenvalue weighted by Gasteiger charge is -2.05. The molecule has 0 bridgehead atoms. The maximum atomic E-state index is 11.4. The van der Waals surface area contributed by atoms with Crippen molar-refractivity contribution in [3.8, 4) is 0 Å². The topological polar surface area (TPSA) is 176 Å². The fourth-order valence-corrected chi connectivity index (χ4v) is 3.12. The summed E-state index contributed by atoms with van der Waals surface area (Å²) >= 11 is 0. The van der Waals surface area contributed by atoms with Gasteiger partial charge < -0.3 is 0 Å². The number of hydrazone groups is 1. The van der Waals surface area contributed by atoms with Crippen molar-refractivity contribution in [2.75, 3.05) is 5.43 Å². The summed E-state index contributed by atoms with van der Waals surface area (Å²) in [5.74, 6) is 0. The van der Waals surface area contributed by atoms with Gasteiger partial charge in [0.15, 0.2) is 0 Å². The first-order valence-electron chi connectivity index (χ1n) is 6.61. The molecule has 2 aromatic rings. The van der Waals surface area contributed by atoms with E-state index >= 15 is 0 Å². The molecule has 3 N–H and O–H groups in total. The molecule has 0 saturated heterocycles. The molecule has 0 radical (unpaired) electrons. The molecule has 0 saturated carbocycles. The molecular weight excluding hydrogens is 390 g/mol. The maximum Gasteiger partial charge on any atom is 0.295 e. The van der Waals surface area contributed by atoms with E-state index in [1.807, 2.05) is 0 Å². The molecular formula is C13H11N3O8S2. The first-order chi connectivity index (χ1) is 12.0. The van der Waals surface area contributed by atoms with E-state index in [-0.39, 0.29) is 11.3 Å². The van der Waals surface area contributed by atoms with E-state index in [0.29, 0.717) is 11.8 Å². The fourth-order valence-electron chi connectivity index (χ4n) is 1.84. The molecule has 0 aliphatic rings. The number of nitro groups is 1. The van der Waals surface area contributed by atoms with Crippen LogP contribution in [0, 0.1) is 10.1 Å². The van der Waals surface area contributed by atoms with Crippen LogP contribution in [0.4, 0.5) is 11.4 Å². The van der Waals surface area contributed by atoms with Crippen LogP contribution in [0.25, 0.3) is 0 Å². The second-order valence-corrected chi connectivity index (χ2v) is 7.64. The second kappa shape index (κ2) is 7.17. The second-order valence-electron chi connectivity index (χ2n) is 4.82. The van der Waals surface area contributed by atoms with Crippen LogP contribution in [0.15, 0.2) is 57.4 Å². The Morgan fingerprint density at radius 1 is 1.00 bits per heavy atom. The number of nitro benzene ring substituents is 1. The average molecular weight is 401 g/mol. The number of benzene rings is 2. The van der Waals surface area contributed by atoms with Gasteiger partial charge in [-0.1, -0.05) is 6.07 Å². The van der Waals surface area contributed by atoms with Crippen LogP contribution in [-0.4, -0.2) is 37.1 Å². The number of anilines is 1. The third-order valence-corrected chi connectivity index (χ3v) is 4.80. The predicted octanol–water partition coefficient (Wildman–Crippen LogP) is 1.53. The Morgan fingerprint density at radius 3 is 2.12 bits per heavy atom. The van der Waals surface area contributed by atoms with E-state index in [9.17, 15) is 31.5 Å². The van der Waals surface area contributed by atoms with Crippen molar-refractivity contribution in [1.82, 2.24) is 0 Å². The summed E-state index contributed by atoms with van der Waals surface area (Å²) in [6, 6.07) is 7.70. The van der Waals surface area contributed by atoms with Crippen molar-refractivity contribution in [3.63, 3.8) is 0 Å². The largest absolute Gasteiger partial charge is 0.295 e. The van der Waals surface area contributed by atoms with Gasteiger partial charge in [0.05, 0.1) is 21.7 Å². The highest BCUT2D eigenvalue weighted by molar-refractivity contribution is 7.86. The van der Waals surface area contributed by atoms with Crippen LogP contribution in [0.3, 0.4) is 0 Å². The summed E-state index contributed by atoms with van der Waals surface area (Å²) in [6.45, 7) is 0. The van der Waals surface area contributed by atoms with Gasteiger partial charge in [-0.2, -0.15) is 21.9 Å². The quantitative estimate of drug-likeness (QED) is 0.280. The van der Waals surface area contributed by atoms with E-state index in [0.717, 1.165) is 18.3 Å². The first-order valence-corrected chi connectivity index (χ1v) is 9.49. The molecule has 0 aliphatic carbocycles. The predicted molar refractivity (Wildman–Crippen MR) is 90.4 cm³/mol. The van der Waals surface area contributed by atoms with Crippen molar-refractivity contribution in [3.05, 3.63) is 58.1 Å². The van der Waals surface area contributed by atoms with Gasteiger partial charge in [-0.15, -0.1) is 0 Å². The SMILES string of the molecule is O=[N+]([O-])c1ccc(N/N=C/c2ccc(S(=O)(=O)O)cc2S(=O)(=O)O)cc1. The average Bonchev–Trinajstić information content (AvgIpc) is 2.53. The number of hydrogen-bond donors (Lipinski definition) is 3. The Bertz CT molecular complexity index is 1080. The van der Waals surface area contributed by atoms with Gasteiger partial charge in [0.2, 0.25) is 0 Å². The van der Waals surface area contributed by atoms with Crippen molar-refractivity contribution in [2.45, 2.75) is 9.79 Å². The Labute approximate surface area is 147 Å². The Kier molecular flexibility index (Phi) is 5.36. The molecule has 0 fully saturated rings. The van der Waals surface area contributed by atoms with Crippen LogP contribution in [0.2, 0.25) is 0 Å². The molecule has 0 atom stereocenters. The summed E-state index contributed by atoms with van der Waals surface area (Å²) in [5, 5.41) is 14.3. The van der Waals surface area contributed by atoms with Crippen molar-refractivity contribution >= 4 is 37.8 Å². The van der Waals surface area contributed by atoms with Gasteiger partial charge in [-0.3, -0.25) is 24.6 Å². The molecule has 0 aromatic heterocycles. The highest BCUT2D eigenvalue weighted by atomic mass is 32.2. The maximum absolute atomic E-state index is 11.4. The van der Waals surface area contributed by atoms with Gasteiger partial charge in [-0.25, -0.2) is 0 Å². The fraction of sp³-hybridized carbons (Fsp3) is 0. The van der Waals surface area contributed by atoms with E-state index < -0.39 is 35.0 Å². The summed E-state index contributed by atoms with van der Waals surface area (Å²) in [6.07, 6.45) is 0.984. The number of rotatable bonds is 6. The van der Waals surface area contributed by atoms with Crippen molar-refractivity contribution in [2.24, 2.45) is 5.10 Å². The lowest BCUT2D eigenvalue weighted by atomic mass is 10.2. The number of nitrogens with one attached hydrogen (secondary N) is 1. The molecule has 0 amide bonds. The Balaban J connectivity index is 2.30. The lowest BCUT2D eigenvalue weighted by Crippen LogP contribution is -2.07. The van der Waals surface area contributed by atoms with Gasteiger partial charge in [-0.05, 0) is 24.3 Å². The van der Waals surface area contributed by atoms with Gasteiger partial charge in [0, 0.05) is 17.7 Å². The molecule has 2 aromatic carbocycles. The molecule has 0 heterocycles. The van der Waals surface area contributed by atoms with Crippen LogP contribution < -0.4 is 5.43 Å². The summed E-state index contributed by atoms with van der Waals surface area (Å²) < 4.78 is 63.1. The molecule has 0 spiro atoms. The minimum absolute atomic E-state index is 0.131. The normalized spacial score (nSPS) is 12.2. The molecule has 2 rings (SSSR count). The number of hydrogen-bond acceptors (Lipinski definition) is 8. The highest BCUT2D eigenvalue weighted by Crippen LogP contribution is 2.20. The standard InChI is InChI=1S/C13H11N3O8S2/c17-16(18)11-4-2-10(3-5-11)15-14-8-9-1-6-12(25(19,20)21)7-13(9)26(22,23)24/h1-8,15H,(H,19,20,21)(H,22,23,24)/b14-8+. The summed E-state index contributed by atoms with van der Waals surface area (Å²) in [7, 11) is -9.46. The van der Waals surface area contributed by atoms with Crippen LogP contribution >= 0.6 is 0 Å². The van der Waals surface area contributed by atoms with Gasteiger partial charge in [0.25, 0.3) is 25.9 Å². The minimum Gasteiger partial charge on any atom is -0.282 e. The monoisotopic (exact) mass is 401 g/mol. The zero-order valence-corrected chi connectivity index (χ0v) is 14.3. The van der Waals surface area contributed by atoms with E-state index in [1.165, 1.54) is 24.3 Å². The third-order valence-electron chi connectivity index (χ3n) is 3.04. The third kappa shape index (κ3) is 4.82. The number of non-ortho nitro benzene ring substituents is 1. The molecule has 138 valence electrons. The van der Waals surface area contributed by atoms with Crippen molar-refractivity contribution in [1.29, 1.82) is 0 Å². The van der Waals surface area contributed by atoms with E-state index in [1.54, 1.807) is 0 Å².